The van der Waals surface area contributed by atoms with Crippen molar-refractivity contribution in [2.45, 2.75) is 0 Å². The van der Waals surface area contributed by atoms with E-state index in [2.05, 4.69) is 20.1 Å². The molecule has 1 aromatic carbocycles. The van der Waals surface area contributed by atoms with Crippen molar-refractivity contribution in [2.24, 2.45) is 0 Å². The van der Waals surface area contributed by atoms with Crippen LogP contribution < -0.4 is 14.4 Å². The largest absolute Gasteiger partial charge is 0.493 e. The Morgan fingerprint density at radius 2 is 1.60 bits per heavy atom. The molecule has 8 heteroatoms. The Hall–Kier alpha value is -3.68. The Bertz CT molecular complexity index is 1000. The molecule has 0 saturated carbocycles. The lowest BCUT2D eigenvalue weighted by Gasteiger charge is -2.35. The summed E-state index contributed by atoms with van der Waals surface area (Å²) in [4.78, 5) is 20.5. The van der Waals surface area contributed by atoms with Gasteiger partial charge >= 0.3 is 0 Å². The van der Waals surface area contributed by atoms with Crippen LogP contribution in [0.5, 0.6) is 11.5 Å². The van der Waals surface area contributed by atoms with E-state index in [0.29, 0.717) is 43.2 Å². The summed E-state index contributed by atoms with van der Waals surface area (Å²) in [6.45, 7) is 2.70. The number of pyridine rings is 1. The zero-order chi connectivity index (χ0) is 20.9. The third kappa shape index (κ3) is 4.03. The Balaban J connectivity index is 1.41. The Labute approximate surface area is 175 Å². The summed E-state index contributed by atoms with van der Waals surface area (Å²) in [5, 5.41) is 8.78. The van der Waals surface area contributed by atoms with Gasteiger partial charge < -0.3 is 19.3 Å². The number of carbonyl (C=O) groups is 1. The van der Waals surface area contributed by atoms with E-state index < -0.39 is 0 Å². The summed E-state index contributed by atoms with van der Waals surface area (Å²) in [6, 6.07) is 13.0. The minimum absolute atomic E-state index is 0.0342. The van der Waals surface area contributed by atoms with Crippen molar-refractivity contribution >= 4 is 11.7 Å². The number of anilines is 1. The first-order valence-corrected chi connectivity index (χ1v) is 9.70. The van der Waals surface area contributed by atoms with Gasteiger partial charge in [-0.25, -0.2) is 0 Å². The maximum Gasteiger partial charge on any atom is 0.254 e. The van der Waals surface area contributed by atoms with Crippen LogP contribution in [0.15, 0.2) is 54.9 Å². The molecule has 0 atom stereocenters. The molecule has 4 rings (SSSR count). The smallest absolute Gasteiger partial charge is 0.254 e. The lowest BCUT2D eigenvalue weighted by Crippen LogP contribution is -2.49. The van der Waals surface area contributed by atoms with E-state index in [1.807, 2.05) is 35.2 Å². The first kappa shape index (κ1) is 19.6. The van der Waals surface area contributed by atoms with Crippen LogP contribution in [0.3, 0.4) is 0 Å². The summed E-state index contributed by atoms with van der Waals surface area (Å²) in [7, 11) is 3.21. The molecule has 1 fully saturated rings. The van der Waals surface area contributed by atoms with Gasteiger partial charge in [-0.05, 0) is 42.5 Å². The molecular weight excluding hydrogens is 382 g/mol. The summed E-state index contributed by atoms with van der Waals surface area (Å²) < 4.78 is 10.6. The zero-order valence-corrected chi connectivity index (χ0v) is 17.0. The van der Waals surface area contributed by atoms with Gasteiger partial charge in [0.05, 0.1) is 19.9 Å². The SMILES string of the molecule is COc1ccc(-c2ccc(N3CCN(C(=O)c4ccncc4)CC3)nn2)cc1OC. The van der Waals surface area contributed by atoms with Crippen LogP contribution in [0.1, 0.15) is 10.4 Å². The van der Waals surface area contributed by atoms with Crippen LogP contribution in [0.4, 0.5) is 5.82 Å². The second kappa shape index (κ2) is 8.77. The number of rotatable bonds is 5. The minimum atomic E-state index is 0.0342. The van der Waals surface area contributed by atoms with Gasteiger partial charge in [0, 0.05) is 49.7 Å². The number of amides is 1. The molecule has 1 amide bonds. The number of aromatic nitrogens is 3. The van der Waals surface area contributed by atoms with Gasteiger partial charge in [-0.2, -0.15) is 0 Å². The molecule has 0 N–H and O–H groups in total. The summed E-state index contributed by atoms with van der Waals surface area (Å²) in [6.07, 6.45) is 3.28. The topological polar surface area (TPSA) is 80.7 Å². The molecule has 30 heavy (non-hydrogen) atoms. The lowest BCUT2D eigenvalue weighted by molar-refractivity contribution is 0.0746. The van der Waals surface area contributed by atoms with Crippen molar-refractivity contribution in [1.82, 2.24) is 20.1 Å². The highest BCUT2D eigenvalue weighted by molar-refractivity contribution is 5.94. The molecule has 0 bridgehead atoms. The standard InChI is InChI=1S/C22H23N5O3/c1-29-19-5-3-17(15-20(19)30-2)18-4-6-21(25-24-18)26-11-13-27(14-12-26)22(28)16-7-9-23-10-8-16/h3-10,15H,11-14H2,1-2H3. The maximum atomic E-state index is 12.6. The number of hydrogen-bond donors (Lipinski definition) is 0. The van der Waals surface area contributed by atoms with Gasteiger partial charge in [-0.1, -0.05) is 0 Å². The average Bonchev–Trinajstić information content (AvgIpc) is 2.84. The third-order valence-corrected chi connectivity index (χ3v) is 5.15. The molecular formula is C22H23N5O3. The highest BCUT2D eigenvalue weighted by atomic mass is 16.5. The number of benzene rings is 1. The van der Waals surface area contributed by atoms with Crippen molar-refractivity contribution in [2.75, 3.05) is 45.3 Å². The number of hydrogen-bond acceptors (Lipinski definition) is 7. The molecule has 3 aromatic rings. The Morgan fingerprint density at radius 3 is 2.23 bits per heavy atom. The number of ether oxygens (including phenoxy) is 2. The van der Waals surface area contributed by atoms with E-state index >= 15 is 0 Å². The van der Waals surface area contributed by atoms with E-state index in [1.54, 1.807) is 38.7 Å². The minimum Gasteiger partial charge on any atom is -0.493 e. The van der Waals surface area contributed by atoms with Gasteiger partial charge in [0.15, 0.2) is 17.3 Å². The quantitative estimate of drug-likeness (QED) is 0.645. The highest BCUT2D eigenvalue weighted by Crippen LogP contribution is 2.31. The van der Waals surface area contributed by atoms with Gasteiger partial charge in [-0.15, -0.1) is 10.2 Å². The molecule has 1 saturated heterocycles. The van der Waals surface area contributed by atoms with Crippen LogP contribution in [-0.4, -0.2) is 66.4 Å². The van der Waals surface area contributed by atoms with Gasteiger partial charge in [0.2, 0.25) is 0 Å². The maximum absolute atomic E-state index is 12.6. The van der Waals surface area contributed by atoms with Crippen molar-refractivity contribution < 1.29 is 14.3 Å². The van der Waals surface area contributed by atoms with Crippen molar-refractivity contribution in [3.8, 4) is 22.8 Å². The fraction of sp³-hybridized carbons (Fsp3) is 0.273. The van der Waals surface area contributed by atoms with Crippen LogP contribution in [0.25, 0.3) is 11.3 Å². The monoisotopic (exact) mass is 405 g/mol. The molecule has 0 spiro atoms. The highest BCUT2D eigenvalue weighted by Gasteiger charge is 2.23. The summed E-state index contributed by atoms with van der Waals surface area (Å²) in [5.74, 6) is 2.16. The van der Waals surface area contributed by atoms with Crippen molar-refractivity contribution in [3.63, 3.8) is 0 Å². The fourth-order valence-electron chi connectivity index (χ4n) is 3.46. The van der Waals surface area contributed by atoms with E-state index in [0.717, 1.165) is 17.1 Å². The third-order valence-electron chi connectivity index (χ3n) is 5.15. The van der Waals surface area contributed by atoms with Gasteiger partial charge in [0.1, 0.15) is 0 Å². The van der Waals surface area contributed by atoms with Crippen molar-refractivity contribution in [1.29, 1.82) is 0 Å². The average molecular weight is 405 g/mol. The molecule has 8 nitrogen and oxygen atoms in total. The molecule has 1 aliphatic heterocycles. The predicted octanol–water partition coefficient (Wildman–Crippen LogP) is 2.52. The molecule has 1 aliphatic rings. The number of carbonyl (C=O) groups excluding carboxylic acids is 1. The fourth-order valence-corrected chi connectivity index (χ4v) is 3.46. The number of methoxy groups -OCH3 is 2. The second-order valence-electron chi connectivity index (χ2n) is 6.86. The predicted molar refractivity (Wildman–Crippen MR) is 113 cm³/mol. The molecule has 3 heterocycles. The molecule has 2 aromatic heterocycles. The number of nitrogens with zero attached hydrogens (tertiary/aromatic N) is 5. The zero-order valence-electron chi connectivity index (χ0n) is 17.0. The van der Waals surface area contributed by atoms with E-state index in [-0.39, 0.29) is 5.91 Å². The van der Waals surface area contributed by atoms with Gasteiger partial charge in [0.25, 0.3) is 5.91 Å². The molecule has 0 aliphatic carbocycles. The molecule has 0 unspecified atom stereocenters. The second-order valence-corrected chi connectivity index (χ2v) is 6.86. The van der Waals surface area contributed by atoms with E-state index in [1.165, 1.54) is 0 Å². The van der Waals surface area contributed by atoms with Crippen molar-refractivity contribution in [3.05, 3.63) is 60.4 Å². The summed E-state index contributed by atoms with van der Waals surface area (Å²) >= 11 is 0. The first-order chi connectivity index (χ1) is 14.7. The Morgan fingerprint density at radius 1 is 0.867 bits per heavy atom. The first-order valence-electron chi connectivity index (χ1n) is 9.70. The van der Waals surface area contributed by atoms with Crippen LogP contribution in [0.2, 0.25) is 0 Å². The van der Waals surface area contributed by atoms with Crippen LogP contribution in [0, 0.1) is 0 Å². The normalized spacial score (nSPS) is 13.8. The molecule has 0 radical (unpaired) electrons. The van der Waals surface area contributed by atoms with Crippen LogP contribution >= 0.6 is 0 Å². The number of piperazine rings is 1. The van der Waals surface area contributed by atoms with E-state index in [9.17, 15) is 4.79 Å². The van der Waals surface area contributed by atoms with Gasteiger partial charge in [-0.3, -0.25) is 9.78 Å². The van der Waals surface area contributed by atoms with Crippen LogP contribution in [-0.2, 0) is 0 Å². The van der Waals surface area contributed by atoms with E-state index in [4.69, 9.17) is 9.47 Å². The Kier molecular flexibility index (Phi) is 5.74. The molecule has 154 valence electrons. The lowest BCUT2D eigenvalue weighted by atomic mass is 10.1. The summed E-state index contributed by atoms with van der Waals surface area (Å²) in [5.41, 5.74) is 2.32.